The van der Waals surface area contributed by atoms with Crippen molar-refractivity contribution in [2.24, 2.45) is 0 Å². The largest absolute Gasteiger partial charge is 0.399 e. The van der Waals surface area contributed by atoms with E-state index >= 15 is 0 Å². The third kappa shape index (κ3) is 9.01. The Kier molecular flexibility index (Phi) is 5.06. The summed E-state index contributed by atoms with van der Waals surface area (Å²) in [5.74, 6) is 0. The van der Waals surface area contributed by atoms with Gasteiger partial charge < -0.3 is 10.6 Å². The number of anilines is 2. The molecule has 15 heavy (non-hydrogen) atoms. The Morgan fingerprint density at radius 1 is 1.13 bits per heavy atom. The Labute approximate surface area is 88.9 Å². The molecular weight excluding hydrogens is 220 g/mol. The molecule has 0 aromatic heterocycles. The number of hydrogen-bond acceptors (Lipinski definition) is 4. The first-order valence-corrected chi connectivity index (χ1v) is 5.32. The molecule has 0 amide bonds. The highest BCUT2D eigenvalue weighted by atomic mass is 32.3. The predicted molar refractivity (Wildman–Crippen MR) is 59.4 cm³/mol. The summed E-state index contributed by atoms with van der Waals surface area (Å²) in [6, 6.07) is 7.79. The van der Waals surface area contributed by atoms with E-state index in [1.807, 2.05) is 43.3 Å². The van der Waals surface area contributed by atoms with Crippen LogP contribution in [0.15, 0.2) is 24.3 Å². The van der Waals surface area contributed by atoms with Gasteiger partial charge in [0.15, 0.2) is 0 Å². The minimum Gasteiger partial charge on any atom is -0.399 e. The van der Waals surface area contributed by atoms with Crippen LogP contribution < -0.4 is 10.6 Å². The summed E-state index contributed by atoms with van der Waals surface area (Å²) in [5, 5.41) is 0. The van der Waals surface area contributed by atoms with Crippen molar-refractivity contribution >= 4 is 21.8 Å². The van der Waals surface area contributed by atoms with Crippen molar-refractivity contribution < 1.29 is 17.5 Å². The minimum absolute atomic E-state index is 0.811. The van der Waals surface area contributed by atoms with E-state index in [9.17, 15) is 0 Å². The van der Waals surface area contributed by atoms with Gasteiger partial charge in [0.05, 0.1) is 0 Å². The summed E-state index contributed by atoms with van der Waals surface area (Å²) in [6.07, 6.45) is 0. The van der Waals surface area contributed by atoms with Crippen LogP contribution in [0.5, 0.6) is 0 Å². The second kappa shape index (κ2) is 5.54. The van der Waals surface area contributed by atoms with E-state index in [2.05, 4.69) is 0 Å². The molecule has 0 bridgehead atoms. The zero-order chi connectivity index (χ0) is 12.1. The van der Waals surface area contributed by atoms with Gasteiger partial charge in [0.25, 0.3) is 0 Å². The first-order valence-electron chi connectivity index (χ1n) is 3.93. The van der Waals surface area contributed by atoms with Crippen LogP contribution >= 0.6 is 0 Å². The molecule has 0 radical (unpaired) electrons. The van der Waals surface area contributed by atoms with Crippen molar-refractivity contribution in [2.45, 2.75) is 0 Å². The summed E-state index contributed by atoms with van der Waals surface area (Å²) < 4.78 is 31.6. The van der Waals surface area contributed by atoms with Crippen LogP contribution in [-0.4, -0.2) is 31.6 Å². The van der Waals surface area contributed by atoms with Crippen molar-refractivity contribution in [3.63, 3.8) is 0 Å². The van der Waals surface area contributed by atoms with Gasteiger partial charge in [0, 0.05) is 25.5 Å². The van der Waals surface area contributed by atoms with Gasteiger partial charge in [-0.2, -0.15) is 8.42 Å². The van der Waals surface area contributed by atoms with Gasteiger partial charge in [0.2, 0.25) is 0 Å². The van der Waals surface area contributed by atoms with Crippen LogP contribution in [0.1, 0.15) is 0 Å². The second-order valence-electron chi connectivity index (χ2n) is 2.93. The quantitative estimate of drug-likeness (QED) is 0.487. The van der Waals surface area contributed by atoms with Gasteiger partial charge in [-0.1, -0.05) is 0 Å². The van der Waals surface area contributed by atoms with Crippen LogP contribution in [-0.2, 0) is 10.4 Å². The van der Waals surface area contributed by atoms with Crippen LogP contribution in [0.4, 0.5) is 11.4 Å². The number of nitrogens with zero attached hydrogens (tertiary/aromatic N) is 1. The summed E-state index contributed by atoms with van der Waals surface area (Å²) in [7, 11) is -0.656. The zero-order valence-electron chi connectivity index (χ0n) is 8.45. The van der Waals surface area contributed by atoms with Gasteiger partial charge in [-0.3, -0.25) is 9.11 Å². The molecule has 0 fully saturated rings. The lowest BCUT2D eigenvalue weighted by Crippen LogP contribution is -2.08. The molecule has 0 unspecified atom stereocenters. The Balaban J connectivity index is 0.000000336. The Hall–Kier alpha value is -1.31. The molecule has 0 saturated carbocycles. The van der Waals surface area contributed by atoms with Crippen LogP contribution in [0.25, 0.3) is 0 Å². The minimum atomic E-state index is -4.67. The number of rotatable bonds is 1. The first-order chi connectivity index (χ1) is 6.70. The smallest absolute Gasteiger partial charge is 0.394 e. The molecule has 86 valence electrons. The fraction of sp³-hybridized carbons (Fsp3) is 0.250. The number of benzene rings is 1. The maximum atomic E-state index is 8.74. The summed E-state index contributed by atoms with van der Waals surface area (Å²) in [4.78, 5) is 2.04. The third-order valence-electron chi connectivity index (χ3n) is 1.41. The average molecular weight is 234 g/mol. The van der Waals surface area contributed by atoms with Crippen molar-refractivity contribution in [2.75, 3.05) is 24.7 Å². The molecule has 0 heterocycles. The molecule has 4 N–H and O–H groups in total. The van der Waals surface area contributed by atoms with Crippen LogP contribution in [0.2, 0.25) is 0 Å². The highest BCUT2D eigenvalue weighted by Gasteiger charge is 1.91. The summed E-state index contributed by atoms with van der Waals surface area (Å²) in [5.41, 5.74) is 7.49. The van der Waals surface area contributed by atoms with E-state index in [0.29, 0.717) is 0 Å². The lowest BCUT2D eigenvalue weighted by Gasteiger charge is -2.11. The highest BCUT2D eigenvalue weighted by Crippen LogP contribution is 2.12. The Morgan fingerprint density at radius 2 is 1.47 bits per heavy atom. The van der Waals surface area contributed by atoms with E-state index in [0.717, 1.165) is 5.69 Å². The van der Waals surface area contributed by atoms with Crippen molar-refractivity contribution in [3.05, 3.63) is 24.3 Å². The molecule has 0 atom stereocenters. The zero-order valence-corrected chi connectivity index (χ0v) is 9.27. The predicted octanol–water partition coefficient (Wildman–Crippen LogP) is 0.682. The van der Waals surface area contributed by atoms with Crippen LogP contribution in [0.3, 0.4) is 0 Å². The van der Waals surface area contributed by atoms with Gasteiger partial charge >= 0.3 is 10.4 Å². The van der Waals surface area contributed by atoms with E-state index < -0.39 is 10.4 Å². The fourth-order valence-corrected chi connectivity index (χ4v) is 0.772. The SMILES string of the molecule is CN(C)c1ccc(N)cc1.O=S(=O)(O)O. The Morgan fingerprint density at radius 3 is 1.73 bits per heavy atom. The first kappa shape index (κ1) is 13.7. The molecule has 7 heteroatoms. The van der Waals surface area contributed by atoms with Gasteiger partial charge in [-0.05, 0) is 24.3 Å². The molecule has 0 spiro atoms. The molecule has 1 aromatic carbocycles. The molecule has 0 saturated heterocycles. The molecular formula is C8H14N2O4S. The van der Waals surface area contributed by atoms with Gasteiger partial charge in [0.1, 0.15) is 0 Å². The number of nitrogen functional groups attached to an aromatic ring is 1. The standard InChI is InChI=1S/C8H12N2.H2O4S/c1-10(2)8-5-3-7(9)4-6-8;1-5(2,3)4/h3-6H,9H2,1-2H3;(H2,1,2,3,4). The molecule has 1 rings (SSSR count). The fourth-order valence-electron chi connectivity index (χ4n) is 0.772. The average Bonchev–Trinajstić information content (AvgIpc) is 2.01. The van der Waals surface area contributed by atoms with Gasteiger partial charge in [-0.15, -0.1) is 0 Å². The third-order valence-corrected chi connectivity index (χ3v) is 1.41. The van der Waals surface area contributed by atoms with E-state index in [1.54, 1.807) is 0 Å². The molecule has 0 aliphatic rings. The normalized spacial score (nSPS) is 10.1. The topological polar surface area (TPSA) is 104 Å². The molecule has 0 aliphatic carbocycles. The highest BCUT2D eigenvalue weighted by molar-refractivity contribution is 7.79. The maximum Gasteiger partial charge on any atom is 0.394 e. The molecule has 1 aromatic rings. The van der Waals surface area contributed by atoms with Crippen LogP contribution in [0, 0.1) is 0 Å². The monoisotopic (exact) mass is 234 g/mol. The molecule has 6 nitrogen and oxygen atoms in total. The van der Waals surface area contributed by atoms with E-state index in [4.69, 9.17) is 23.3 Å². The van der Waals surface area contributed by atoms with E-state index in [1.165, 1.54) is 5.69 Å². The van der Waals surface area contributed by atoms with E-state index in [-0.39, 0.29) is 0 Å². The number of hydrogen-bond donors (Lipinski definition) is 3. The Bertz CT molecular complexity index is 378. The van der Waals surface area contributed by atoms with Crippen molar-refractivity contribution in [1.82, 2.24) is 0 Å². The van der Waals surface area contributed by atoms with Crippen molar-refractivity contribution in [3.8, 4) is 0 Å². The molecule has 0 aliphatic heterocycles. The lowest BCUT2D eigenvalue weighted by molar-refractivity contribution is 0.381. The summed E-state index contributed by atoms with van der Waals surface area (Å²) in [6.45, 7) is 0. The lowest BCUT2D eigenvalue weighted by atomic mass is 10.3. The number of nitrogens with two attached hydrogens (primary N) is 1. The van der Waals surface area contributed by atoms with Crippen molar-refractivity contribution in [1.29, 1.82) is 0 Å². The van der Waals surface area contributed by atoms with Gasteiger partial charge in [-0.25, -0.2) is 0 Å². The second-order valence-corrected chi connectivity index (χ2v) is 3.83. The summed E-state index contributed by atoms with van der Waals surface area (Å²) >= 11 is 0. The maximum absolute atomic E-state index is 8.74.